The summed E-state index contributed by atoms with van der Waals surface area (Å²) in [6.45, 7) is 4.28. The van der Waals surface area contributed by atoms with E-state index in [1.165, 1.54) is 0 Å². The van der Waals surface area contributed by atoms with E-state index in [1.807, 2.05) is 43.3 Å². The first kappa shape index (κ1) is 23.6. The van der Waals surface area contributed by atoms with Gasteiger partial charge in [-0.25, -0.2) is 13.2 Å². The summed E-state index contributed by atoms with van der Waals surface area (Å²) < 4.78 is 44.4. The number of hydrogen-bond acceptors (Lipinski definition) is 0. The van der Waals surface area contributed by atoms with Crippen LogP contribution in [0.4, 0.5) is 13.2 Å². The molecular weight excluding hydrogens is 417 g/mol. The second kappa shape index (κ2) is 10.6. The lowest BCUT2D eigenvalue weighted by atomic mass is 9.79. The van der Waals surface area contributed by atoms with E-state index in [0.717, 1.165) is 54.7 Å². The van der Waals surface area contributed by atoms with Crippen molar-refractivity contribution in [3.8, 4) is 11.1 Å². The Morgan fingerprint density at radius 3 is 2.15 bits per heavy atom. The van der Waals surface area contributed by atoms with Crippen LogP contribution in [0.25, 0.3) is 16.7 Å². The first-order valence-electron chi connectivity index (χ1n) is 12.2. The highest BCUT2D eigenvalue weighted by atomic mass is 19.2. The maximum absolute atomic E-state index is 14.9. The van der Waals surface area contributed by atoms with E-state index in [1.54, 1.807) is 30.4 Å². The summed E-state index contributed by atoms with van der Waals surface area (Å²) in [7, 11) is 0. The summed E-state index contributed by atoms with van der Waals surface area (Å²) in [5.74, 6) is 0.893. The van der Waals surface area contributed by atoms with Crippen LogP contribution in [0.3, 0.4) is 0 Å². The molecule has 174 valence electrons. The third-order valence-corrected chi connectivity index (χ3v) is 7.15. The van der Waals surface area contributed by atoms with Crippen molar-refractivity contribution >= 4 is 5.57 Å². The van der Waals surface area contributed by atoms with Gasteiger partial charge in [0.25, 0.3) is 0 Å². The van der Waals surface area contributed by atoms with Crippen LogP contribution < -0.4 is 0 Å². The lowest BCUT2D eigenvalue weighted by Gasteiger charge is -2.27. The zero-order chi connectivity index (χ0) is 23.4. The van der Waals surface area contributed by atoms with Crippen LogP contribution in [0.1, 0.15) is 69.4 Å². The maximum Gasteiger partial charge on any atom is 0.161 e. The van der Waals surface area contributed by atoms with Crippen LogP contribution >= 0.6 is 0 Å². The van der Waals surface area contributed by atoms with Crippen LogP contribution in [-0.2, 0) is 0 Å². The average molecular weight is 451 g/mol. The van der Waals surface area contributed by atoms with Gasteiger partial charge in [-0.05, 0) is 77.0 Å². The minimum Gasteiger partial charge on any atom is -0.239 e. The maximum atomic E-state index is 14.9. The highest BCUT2D eigenvalue weighted by Gasteiger charge is 2.30. The van der Waals surface area contributed by atoms with E-state index >= 15 is 0 Å². The van der Waals surface area contributed by atoms with Gasteiger partial charge in [-0.1, -0.05) is 87.4 Å². The summed E-state index contributed by atoms with van der Waals surface area (Å²) >= 11 is 0. The van der Waals surface area contributed by atoms with Crippen LogP contribution in [0.15, 0.2) is 72.3 Å². The molecule has 0 N–H and O–H groups in total. The molecule has 1 fully saturated rings. The van der Waals surface area contributed by atoms with Crippen molar-refractivity contribution in [2.75, 3.05) is 0 Å². The molecule has 2 aromatic carbocycles. The summed E-state index contributed by atoms with van der Waals surface area (Å²) in [4.78, 5) is 0. The molecule has 0 spiro atoms. The number of alkyl halides is 2. The number of allylic oxidation sites excluding steroid dienone is 6. The fourth-order valence-corrected chi connectivity index (χ4v) is 5.01. The first-order valence-corrected chi connectivity index (χ1v) is 12.2. The summed E-state index contributed by atoms with van der Waals surface area (Å²) in [6.07, 6.45) is 9.64. The van der Waals surface area contributed by atoms with E-state index in [9.17, 15) is 13.2 Å². The van der Waals surface area contributed by atoms with Crippen molar-refractivity contribution in [1.82, 2.24) is 0 Å². The van der Waals surface area contributed by atoms with Gasteiger partial charge in [0.2, 0.25) is 0 Å². The molecule has 2 atom stereocenters. The smallest absolute Gasteiger partial charge is 0.161 e. The van der Waals surface area contributed by atoms with E-state index in [-0.39, 0.29) is 5.82 Å². The first-order chi connectivity index (χ1) is 16.0. The van der Waals surface area contributed by atoms with Crippen molar-refractivity contribution in [2.24, 2.45) is 5.92 Å². The average Bonchev–Trinajstić information content (AvgIpc) is 2.83. The minimum absolute atomic E-state index is 0.148. The topological polar surface area (TPSA) is 0 Å². The van der Waals surface area contributed by atoms with Crippen molar-refractivity contribution in [3.05, 3.63) is 89.3 Å². The molecule has 2 aliphatic carbocycles. The molecule has 0 radical (unpaired) electrons. The number of hydrogen-bond donors (Lipinski definition) is 0. The quantitative estimate of drug-likeness (QED) is 0.385. The Bertz CT molecular complexity index is 1040. The lowest BCUT2D eigenvalue weighted by Crippen LogP contribution is -2.23. The highest BCUT2D eigenvalue weighted by molar-refractivity contribution is 5.75. The number of halogens is 3. The van der Waals surface area contributed by atoms with E-state index < -0.39 is 12.3 Å². The number of rotatable bonds is 6. The van der Waals surface area contributed by atoms with Crippen LogP contribution in [-0.4, -0.2) is 12.3 Å². The molecule has 2 aliphatic rings. The third kappa shape index (κ3) is 5.34. The molecule has 0 bridgehead atoms. The second-order valence-electron chi connectivity index (χ2n) is 9.52. The second-order valence-corrected chi connectivity index (χ2v) is 9.52. The van der Waals surface area contributed by atoms with Crippen molar-refractivity contribution in [1.29, 1.82) is 0 Å². The molecule has 1 saturated carbocycles. The van der Waals surface area contributed by atoms with Gasteiger partial charge in [0, 0.05) is 0 Å². The molecule has 0 saturated heterocycles. The molecule has 0 nitrogen and oxygen atoms in total. The van der Waals surface area contributed by atoms with Gasteiger partial charge in [0.05, 0.1) is 0 Å². The molecule has 33 heavy (non-hydrogen) atoms. The zero-order valence-electron chi connectivity index (χ0n) is 19.5. The van der Waals surface area contributed by atoms with Gasteiger partial charge in [-0.3, -0.25) is 0 Å². The van der Waals surface area contributed by atoms with E-state index in [4.69, 9.17) is 0 Å². The largest absolute Gasteiger partial charge is 0.239 e. The number of benzene rings is 2. The molecule has 3 heteroatoms. The van der Waals surface area contributed by atoms with Crippen LogP contribution in [0.5, 0.6) is 0 Å². The molecule has 0 aromatic heterocycles. The Labute approximate surface area is 195 Å². The molecule has 2 aromatic rings. The Morgan fingerprint density at radius 1 is 0.818 bits per heavy atom. The molecular formula is C30H33F3. The van der Waals surface area contributed by atoms with Gasteiger partial charge in [-0.15, -0.1) is 0 Å². The highest BCUT2D eigenvalue weighted by Crippen LogP contribution is 2.38. The van der Waals surface area contributed by atoms with Gasteiger partial charge in [0.15, 0.2) is 12.3 Å². The fourth-order valence-electron chi connectivity index (χ4n) is 5.01. The molecule has 4 rings (SSSR count). The Morgan fingerprint density at radius 2 is 1.48 bits per heavy atom. The minimum atomic E-state index is -1.68. The third-order valence-electron chi connectivity index (χ3n) is 7.15. The Hall–Kier alpha value is -2.55. The van der Waals surface area contributed by atoms with Crippen LogP contribution in [0.2, 0.25) is 0 Å². The zero-order valence-corrected chi connectivity index (χ0v) is 19.5. The monoisotopic (exact) mass is 450 g/mol. The molecule has 0 amide bonds. The fraction of sp³-hybridized carbons (Fsp3) is 0.400. The van der Waals surface area contributed by atoms with Crippen LogP contribution in [0, 0.1) is 11.7 Å². The van der Waals surface area contributed by atoms with Gasteiger partial charge in [-0.2, -0.15) is 0 Å². The predicted octanol–water partition coefficient (Wildman–Crippen LogP) is 9.14. The summed E-state index contributed by atoms with van der Waals surface area (Å²) in [6, 6.07) is 12.8. The van der Waals surface area contributed by atoms with Crippen molar-refractivity contribution in [2.45, 2.75) is 70.6 Å². The summed E-state index contributed by atoms with van der Waals surface area (Å²) in [5, 5.41) is 0. The SMILES string of the molecule is CC/C=C\CC1=CC=C(c2ccc(-c3ccc(C4CCC(C)CC4)c(F)c3)cc2)C(F)C1F. The van der Waals surface area contributed by atoms with Gasteiger partial charge >= 0.3 is 0 Å². The van der Waals surface area contributed by atoms with E-state index in [2.05, 4.69) is 6.92 Å². The van der Waals surface area contributed by atoms with Crippen molar-refractivity contribution < 1.29 is 13.2 Å². The standard InChI is InChI=1S/C30H33F3/c1-3-4-5-6-24-15-18-27(30(33)29(24)32)23-13-11-21(12-14-23)25-16-17-26(28(31)19-25)22-9-7-20(2)8-10-22/h4-5,11-20,22,29-30H,3,6-10H2,1-2H3/b5-4-. The normalized spacial score (nSPS) is 25.7. The molecule has 2 unspecified atom stereocenters. The molecule has 0 aliphatic heterocycles. The summed E-state index contributed by atoms with van der Waals surface area (Å²) in [5.41, 5.74) is 3.96. The predicted molar refractivity (Wildman–Crippen MR) is 132 cm³/mol. The van der Waals surface area contributed by atoms with Gasteiger partial charge in [0.1, 0.15) is 5.82 Å². The molecule has 0 heterocycles. The Kier molecular flexibility index (Phi) is 7.57. The van der Waals surface area contributed by atoms with E-state index in [0.29, 0.717) is 29.0 Å². The van der Waals surface area contributed by atoms with Gasteiger partial charge < -0.3 is 0 Å². The van der Waals surface area contributed by atoms with Crippen molar-refractivity contribution in [3.63, 3.8) is 0 Å². The Balaban J connectivity index is 1.50. The lowest BCUT2D eigenvalue weighted by molar-refractivity contribution is 0.240.